The number of aliphatic hydroxyl groups excluding tert-OH is 1. The van der Waals surface area contributed by atoms with Crippen molar-refractivity contribution in [3.63, 3.8) is 0 Å². The minimum absolute atomic E-state index is 0.0225. The summed E-state index contributed by atoms with van der Waals surface area (Å²) in [5.41, 5.74) is 5.76. The summed E-state index contributed by atoms with van der Waals surface area (Å²) >= 11 is 0. The first-order valence-corrected chi connectivity index (χ1v) is 4.47. The summed E-state index contributed by atoms with van der Waals surface area (Å²) in [6.07, 6.45) is 3.05. The zero-order valence-corrected chi connectivity index (χ0v) is 6.74. The third-order valence-electron chi connectivity index (χ3n) is 3.00. The first-order valence-electron chi connectivity index (χ1n) is 4.47. The number of nitrogens with two attached hydrogens (primary N) is 1. The van der Waals surface area contributed by atoms with Crippen molar-refractivity contribution in [3.8, 4) is 0 Å². The number of nitrogens with zero attached hydrogens (tertiary/aromatic N) is 1. The Morgan fingerprint density at radius 2 is 2.09 bits per heavy atom. The van der Waals surface area contributed by atoms with Crippen molar-refractivity contribution in [2.75, 3.05) is 13.1 Å². The van der Waals surface area contributed by atoms with Crippen LogP contribution in [0, 0.1) is 0 Å². The van der Waals surface area contributed by atoms with Gasteiger partial charge in [-0.3, -0.25) is 4.90 Å². The van der Waals surface area contributed by atoms with Crippen LogP contribution in [-0.4, -0.2) is 41.3 Å². The fourth-order valence-electron chi connectivity index (χ4n) is 2.29. The van der Waals surface area contributed by atoms with Crippen LogP contribution >= 0.6 is 0 Å². The maximum absolute atomic E-state index is 9.68. The molecule has 2 heterocycles. The van der Waals surface area contributed by atoms with Gasteiger partial charge in [0.2, 0.25) is 0 Å². The lowest BCUT2D eigenvalue weighted by Crippen LogP contribution is -2.54. The summed E-state index contributed by atoms with van der Waals surface area (Å²) in [6, 6.07) is 0.396. The topological polar surface area (TPSA) is 49.5 Å². The lowest BCUT2D eigenvalue weighted by Gasteiger charge is -2.37. The maximum Gasteiger partial charge on any atom is 0.0846 e. The Bertz CT molecular complexity index is 151. The monoisotopic (exact) mass is 156 g/mol. The van der Waals surface area contributed by atoms with E-state index in [1.807, 2.05) is 0 Å². The first-order chi connectivity index (χ1) is 5.29. The van der Waals surface area contributed by atoms with E-state index in [0.29, 0.717) is 6.04 Å². The van der Waals surface area contributed by atoms with Crippen LogP contribution in [0.2, 0.25) is 0 Å². The standard InChI is InChI=1S/C8H16N2O/c9-6-3-5-10-4-1-2-7(10)8(6)11/h6-8,11H,1-5,9H2. The predicted molar refractivity (Wildman–Crippen MR) is 43.2 cm³/mol. The molecule has 0 bridgehead atoms. The molecule has 3 N–H and O–H groups in total. The molecule has 2 rings (SSSR count). The van der Waals surface area contributed by atoms with E-state index >= 15 is 0 Å². The second-order valence-corrected chi connectivity index (χ2v) is 3.69. The minimum atomic E-state index is -0.272. The van der Waals surface area contributed by atoms with E-state index in [2.05, 4.69) is 4.90 Å². The summed E-state index contributed by atoms with van der Waals surface area (Å²) < 4.78 is 0. The van der Waals surface area contributed by atoms with Gasteiger partial charge in [0.05, 0.1) is 6.10 Å². The average molecular weight is 156 g/mol. The van der Waals surface area contributed by atoms with E-state index in [0.717, 1.165) is 25.9 Å². The molecule has 0 aromatic heterocycles. The zero-order chi connectivity index (χ0) is 7.84. The third-order valence-corrected chi connectivity index (χ3v) is 3.00. The van der Waals surface area contributed by atoms with Crippen molar-refractivity contribution in [1.29, 1.82) is 0 Å². The van der Waals surface area contributed by atoms with Crippen LogP contribution in [0.3, 0.4) is 0 Å². The van der Waals surface area contributed by atoms with Crippen LogP contribution in [0.25, 0.3) is 0 Å². The number of piperidine rings is 1. The van der Waals surface area contributed by atoms with Gasteiger partial charge in [0.1, 0.15) is 0 Å². The third kappa shape index (κ3) is 1.17. The van der Waals surface area contributed by atoms with Crippen molar-refractivity contribution in [2.45, 2.75) is 37.5 Å². The second-order valence-electron chi connectivity index (χ2n) is 3.69. The molecule has 2 aliphatic heterocycles. The smallest absolute Gasteiger partial charge is 0.0846 e. The average Bonchev–Trinajstić information content (AvgIpc) is 2.45. The Morgan fingerprint density at radius 3 is 2.91 bits per heavy atom. The molecule has 0 radical (unpaired) electrons. The molecule has 2 saturated heterocycles. The highest BCUT2D eigenvalue weighted by molar-refractivity contribution is 4.94. The van der Waals surface area contributed by atoms with E-state index < -0.39 is 0 Å². The molecule has 0 aliphatic carbocycles. The van der Waals surface area contributed by atoms with Gasteiger partial charge >= 0.3 is 0 Å². The molecule has 0 aromatic rings. The Labute approximate surface area is 67.2 Å². The van der Waals surface area contributed by atoms with Crippen LogP contribution in [0.5, 0.6) is 0 Å². The van der Waals surface area contributed by atoms with Gasteiger partial charge in [-0.1, -0.05) is 0 Å². The highest BCUT2D eigenvalue weighted by atomic mass is 16.3. The van der Waals surface area contributed by atoms with Crippen molar-refractivity contribution in [1.82, 2.24) is 4.90 Å². The van der Waals surface area contributed by atoms with Gasteiger partial charge in [-0.25, -0.2) is 0 Å². The second kappa shape index (κ2) is 2.73. The SMILES string of the molecule is NC1CCN2CCCC2C1O. The van der Waals surface area contributed by atoms with Crippen LogP contribution in [0.1, 0.15) is 19.3 Å². The summed E-state index contributed by atoms with van der Waals surface area (Å²) in [5.74, 6) is 0. The van der Waals surface area contributed by atoms with Crippen molar-refractivity contribution >= 4 is 0 Å². The Morgan fingerprint density at radius 1 is 1.27 bits per heavy atom. The summed E-state index contributed by atoms with van der Waals surface area (Å²) in [6.45, 7) is 2.25. The predicted octanol–water partition coefficient (Wildman–Crippen LogP) is -0.457. The molecule has 3 nitrogen and oxygen atoms in total. The number of hydrogen-bond donors (Lipinski definition) is 2. The Balaban J connectivity index is 2.06. The van der Waals surface area contributed by atoms with E-state index in [9.17, 15) is 5.11 Å². The highest BCUT2D eigenvalue weighted by Crippen LogP contribution is 2.26. The van der Waals surface area contributed by atoms with Crippen LogP contribution < -0.4 is 5.73 Å². The van der Waals surface area contributed by atoms with Gasteiger partial charge < -0.3 is 10.8 Å². The maximum atomic E-state index is 9.68. The fraction of sp³-hybridized carbons (Fsp3) is 1.00. The van der Waals surface area contributed by atoms with Gasteiger partial charge in [0.15, 0.2) is 0 Å². The van der Waals surface area contributed by atoms with Gasteiger partial charge in [-0.05, 0) is 25.8 Å². The highest BCUT2D eigenvalue weighted by Gasteiger charge is 2.37. The quantitative estimate of drug-likeness (QED) is 0.499. The van der Waals surface area contributed by atoms with Crippen LogP contribution in [-0.2, 0) is 0 Å². The molecule has 64 valence electrons. The van der Waals surface area contributed by atoms with E-state index in [1.54, 1.807) is 0 Å². The molecule has 2 fully saturated rings. The van der Waals surface area contributed by atoms with E-state index in [-0.39, 0.29) is 12.1 Å². The molecule has 0 spiro atoms. The van der Waals surface area contributed by atoms with Crippen molar-refractivity contribution < 1.29 is 5.11 Å². The van der Waals surface area contributed by atoms with E-state index in [4.69, 9.17) is 5.73 Å². The largest absolute Gasteiger partial charge is 0.390 e. The van der Waals surface area contributed by atoms with Crippen LogP contribution in [0.15, 0.2) is 0 Å². The Hall–Kier alpha value is -0.120. The molecular weight excluding hydrogens is 140 g/mol. The minimum Gasteiger partial charge on any atom is -0.390 e. The van der Waals surface area contributed by atoms with Crippen molar-refractivity contribution in [2.24, 2.45) is 5.73 Å². The summed E-state index contributed by atoms with van der Waals surface area (Å²) in [7, 11) is 0. The molecule has 3 unspecified atom stereocenters. The zero-order valence-electron chi connectivity index (χ0n) is 6.74. The molecular formula is C8H16N2O. The molecule has 3 heteroatoms. The van der Waals surface area contributed by atoms with Crippen LogP contribution in [0.4, 0.5) is 0 Å². The molecule has 0 aromatic carbocycles. The van der Waals surface area contributed by atoms with Gasteiger partial charge in [-0.15, -0.1) is 0 Å². The van der Waals surface area contributed by atoms with Gasteiger partial charge in [0.25, 0.3) is 0 Å². The van der Waals surface area contributed by atoms with E-state index in [1.165, 1.54) is 6.42 Å². The van der Waals surface area contributed by atoms with Gasteiger partial charge in [0, 0.05) is 18.6 Å². The molecule has 0 saturated carbocycles. The molecule has 0 amide bonds. The number of hydrogen-bond acceptors (Lipinski definition) is 3. The fourth-order valence-corrected chi connectivity index (χ4v) is 2.29. The number of rotatable bonds is 0. The lowest BCUT2D eigenvalue weighted by atomic mass is 9.95. The number of fused-ring (bicyclic) bond motifs is 1. The normalized spacial score (nSPS) is 45.8. The Kier molecular flexibility index (Phi) is 1.87. The van der Waals surface area contributed by atoms with Gasteiger partial charge in [-0.2, -0.15) is 0 Å². The lowest BCUT2D eigenvalue weighted by molar-refractivity contribution is 0.0186. The summed E-state index contributed by atoms with van der Waals surface area (Å²) in [5, 5.41) is 9.68. The molecule has 11 heavy (non-hydrogen) atoms. The first kappa shape index (κ1) is 7.53. The molecule has 2 aliphatic rings. The number of aliphatic hydroxyl groups is 1. The molecule has 3 atom stereocenters. The summed E-state index contributed by atoms with van der Waals surface area (Å²) in [4.78, 5) is 2.37. The van der Waals surface area contributed by atoms with Crippen molar-refractivity contribution in [3.05, 3.63) is 0 Å².